The number of nitrogens with one attached hydrogen (secondary N) is 1. The maximum absolute atomic E-state index is 12.8. The molecule has 17 heavy (non-hydrogen) atoms. The van der Waals surface area contributed by atoms with Gasteiger partial charge in [0.05, 0.1) is 0 Å². The van der Waals surface area contributed by atoms with E-state index in [1.807, 2.05) is 4.90 Å². The third-order valence-electron chi connectivity index (χ3n) is 2.73. The molecule has 0 saturated carbocycles. The maximum Gasteiger partial charge on any atom is 0.241 e. The molecule has 3 N–H and O–H groups in total. The molecule has 6 heteroatoms. The van der Waals surface area contributed by atoms with Crippen molar-refractivity contribution in [1.29, 1.82) is 0 Å². The van der Waals surface area contributed by atoms with E-state index in [9.17, 15) is 9.18 Å². The Hall–Kier alpha value is -1.27. The highest BCUT2D eigenvalue weighted by Gasteiger charge is 2.26. The number of carbonyl (C=O) groups is 1. The Bertz CT molecular complexity index is 385. The third-order valence-corrected chi connectivity index (χ3v) is 2.73. The highest BCUT2D eigenvalue weighted by atomic mass is 32.1. The van der Waals surface area contributed by atoms with Gasteiger partial charge in [-0.25, -0.2) is 4.39 Å². The summed E-state index contributed by atoms with van der Waals surface area (Å²) in [6.07, 6.45) is 0. The summed E-state index contributed by atoms with van der Waals surface area (Å²) in [6.45, 7) is 2.02. The van der Waals surface area contributed by atoms with Crippen LogP contribution in [-0.4, -0.2) is 31.6 Å². The van der Waals surface area contributed by atoms with Crippen molar-refractivity contribution in [3.05, 3.63) is 30.1 Å². The normalized spacial score (nSPS) is 19.6. The Morgan fingerprint density at radius 2 is 2.06 bits per heavy atom. The van der Waals surface area contributed by atoms with Gasteiger partial charge in [-0.05, 0) is 24.3 Å². The van der Waals surface area contributed by atoms with Crippen molar-refractivity contribution in [2.45, 2.75) is 6.04 Å². The van der Waals surface area contributed by atoms with E-state index in [1.54, 1.807) is 12.1 Å². The van der Waals surface area contributed by atoms with Gasteiger partial charge in [0.2, 0.25) is 5.91 Å². The number of anilines is 1. The number of nitrogens with zero attached hydrogens (tertiary/aromatic N) is 1. The van der Waals surface area contributed by atoms with Crippen LogP contribution < -0.4 is 16.0 Å². The molecule has 1 aliphatic rings. The summed E-state index contributed by atoms with van der Waals surface area (Å²) in [5.74, 6) is -0.647. The predicted molar refractivity (Wildman–Crippen MR) is 70.0 cm³/mol. The largest absolute Gasteiger partial charge is 0.368 e. The average molecular weight is 257 g/mol. The number of nitrogens with two attached hydrogens (primary N) is 1. The van der Waals surface area contributed by atoms with Crippen LogP contribution in [0.3, 0.4) is 0 Å². The average Bonchev–Trinajstić information content (AvgIpc) is 2.30. The van der Waals surface area contributed by atoms with E-state index in [-0.39, 0.29) is 31.3 Å². The lowest BCUT2D eigenvalue weighted by Crippen LogP contribution is -2.57. The zero-order valence-electron chi connectivity index (χ0n) is 9.32. The van der Waals surface area contributed by atoms with E-state index >= 15 is 0 Å². The monoisotopic (exact) mass is 257 g/mol. The molecule has 0 unspecified atom stereocenters. The number of halogens is 1. The number of carbonyl (C=O) groups excluding carboxylic acids is 1. The summed E-state index contributed by atoms with van der Waals surface area (Å²) >= 11 is 0. The van der Waals surface area contributed by atoms with Crippen molar-refractivity contribution >= 4 is 25.1 Å². The van der Waals surface area contributed by atoms with Gasteiger partial charge in [0, 0.05) is 25.3 Å². The van der Waals surface area contributed by atoms with Crippen LogP contribution in [0.1, 0.15) is 0 Å². The summed E-state index contributed by atoms with van der Waals surface area (Å²) in [5, 5.41) is 3.11. The van der Waals surface area contributed by atoms with Gasteiger partial charge < -0.3 is 16.0 Å². The highest BCUT2D eigenvalue weighted by Crippen LogP contribution is 2.18. The van der Waals surface area contributed by atoms with Crippen LogP contribution in [0.25, 0.3) is 0 Å². The molecule has 4 nitrogen and oxygen atoms in total. The SMILES string of the molecule is NC(=O)[C@@H]1CNCCN1c1ccc(F)cc1.S. The molecule has 1 heterocycles. The number of amides is 1. The third kappa shape index (κ3) is 3.10. The molecule has 94 valence electrons. The van der Waals surface area contributed by atoms with Gasteiger partial charge in [-0.15, -0.1) is 0 Å². The van der Waals surface area contributed by atoms with Crippen molar-refractivity contribution < 1.29 is 9.18 Å². The van der Waals surface area contributed by atoms with Crippen LogP contribution in [-0.2, 0) is 4.79 Å². The van der Waals surface area contributed by atoms with Crippen LogP contribution in [0.2, 0.25) is 0 Å². The first-order chi connectivity index (χ1) is 7.68. The summed E-state index contributed by atoms with van der Waals surface area (Å²) in [5.41, 5.74) is 6.16. The highest BCUT2D eigenvalue weighted by molar-refractivity contribution is 7.59. The first-order valence-corrected chi connectivity index (χ1v) is 5.21. The minimum Gasteiger partial charge on any atom is -0.368 e. The quantitative estimate of drug-likeness (QED) is 0.796. The van der Waals surface area contributed by atoms with Gasteiger partial charge in [-0.1, -0.05) is 0 Å². The second-order valence-corrected chi connectivity index (χ2v) is 3.79. The van der Waals surface area contributed by atoms with Crippen LogP contribution in [0, 0.1) is 5.82 Å². The first kappa shape index (κ1) is 13.8. The van der Waals surface area contributed by atoms with Gasteiger partial charge in [-0.3, -0.25) is 4.79 Å². The Morgan fingerprint density at radius 1 is 1.41 bits per heavy atom. The second kappa shape index (κ2) is 5.88. The van der Waals surface area contributed by atoms with Crippen molar-refractivity contribution in [2.24, 2.45) is 5.73 Å². The standard InChI is InChI=1S/C11H14FN3O.H2S/c12-8-1-3-9(4-2-8)15-6-5-14-7-10(15)11(13)16;/h1-4,10,14H,5-7H2,(H2,13,16);1H2/t10-;/m0./s1. The van der Waals surface area contributed by atoms with Gasteiger partial charge in [0.15, 0.2) is 0 Å². The molecule has 0 aliphatic carbocycles. The predicted octanol–water partition coefficient (Wildman–Crippen LogP) is 0.202. The maximum atomic E-state index is 12.8. The fourth-order valence-electron chi connectivity index (χ4n) is 1.90. The Kier molecular flexibility index (Phi) is 4.77. The van der Waals surface area contributed by atoms with Crippen molar-refractivity contribution in [3.63, 3.8) is 0 Å². The summed E-state index contributed by atoms with van der Waals surface area (Å²) in [6, 6.07) is 5.73. The van der Waals surface area contributed by atoms with Crippen LogP contribution >= 0.6 is 13.5 Å². The van der Waals surface area contributed by atoms with E-state index in [0.717, 1.165) is 12.2 Å². The number of rotatable bonds is 2. The molecule has 1 aromatic carbocycles. The Labute approximate surface area is 106 Å². The molecule has 0 radical (unpaired) electrons. The van der Waals surface area contributed by atoms with Gasteiger partial charge in [0.25, 0.3) is 0 Å². The van der Waals surface area contributed by atoms with Crippen molar-refractivity contribution in [2.75, 3.05) is 24.5 Å². The first-order valence-electron chi connectivity index (χ1n) is 5.21. The number of primary amides is 1. The van der Waals surface area contributed by atoms with E-state index in [1.165, 1.54) is 12.1 Å². The van der Waals surface area contributed by atoms with Crippen LogP contribution in [0.15, 0.2) is 24.3 Å². The molecule has 0 bridgehead atoms. The van der Waals surface area contributed by atoms with Crippen molar-refractivity contribution in [1.82, 2.24) is 5.32 Å². The number of piperazine rings is 1. The molecular weight excluding hydrogens is 241 g/mol. The minimum atomic E-state index is -0.364. The van der Waals surface area contributed by atoms with Gasteiger partial charge in [0.1, 0.15) is 11.9 Å². The molecule has 1 atom stereocenters. The lowest BCUT2D eigenvalue weighted by Gasteiger charge is -2.35. The summed E-state index contributed by atoms with van der Waals surface area (Å²) in [4.78, 5) is 13.2. The smallest absolute Gasteiger partial charge is 0.241 e. The Balaban J connectivity index is 0.00000144. The fourth-order valence-corrected chi connectivity index (χ4v) is 1.90. The molecule has 1 fully saturated rings. The van der Waals surface area contributed by atoms with Gasteiger partial charge in [-0.2, -0.15) is 13.5 Å². The molecule has 1 aromatic rings. The number of hydrogen-bond acceptors (Lipinski definition) is 3. The number of benzene rings is 1. The van der Waals surface area contributed by atoms with Crippen LogP contribution in [0.4, 0.5) is 10.1 Å². The minimum absolute atomic E-state index is 0. The molecule has 1 saturated heterocycles. The Morgan fingerprint density at radius 3 is 2.65 bits per heavy atom. The zero-order valence-corrected chi connectivity index (χ0v) is 10.3. The summed E-state index contributed by atoms with van der Waals surface area (Å²) < 4.78 is 12.8. The molecule has 0 aromatic heterocycles. The van der Waals surface area contributed by atoms with Gasteiger partial charge >= 0.3 is 0 Å². The van der Waals surface area contributed by atoms with E-state index in [0.29, 0.717) is 13.1 Å². The zero-order chi connectivity index (χ0) is 11.5. The van der Waals surface area contributed by atoms with E-state index in [2.05, 4.69) is 5.32 Å². The second-order valence-electron chi connectivity index (χ2n) is 3.79. The van der Waals surface area contributed by atoms with Crippen molar-refractivity contribution in [3.8, 4) is 0 Å². The van der Waals surface area contributed by atoms with E-state index in [4.69, 9.17) is 5.73 Å². The lowest BCUT2D eigenvalue weighted by atomic mass is 10.1. The fraction of sp³-hybridized carbons (Fsp3) is 0.364. The van der Waals surface area contributed by atoms with E-state index < -0.39 is 0 Å². The molecule has 1 aliphatic heterocycles. The molecular formula is C11H16FN3OS. The number of hydrogen-bond donors (Lipinski definition) is 2. The summed E-state index contributed by atoms with van der Waals surface area (Å²) in [7, 11) is 0. The molecule has 1 amide bonds. The molecule has 2 rings (SSSR count). The van der Waals surface area contributed by atoms with Crippen LogP contribution in [0.5, 0.6) is 0 Å². The molecule has 0 spiro atoms. The topological polar surface area (TPSA) is 58.4 Å². The lowest BCUT2D eigenvalue weighted by molar-refractivity contribution is -0.119.